The van der Waals surface area contributed by atoms with Crippen LogP contribution in [-0.4, -0.2) is 11.7 Å². The van der Waals surface area contributed by atoms with Crippen molar-refractivity contribution in [3.05, 3.63) is 34.6 Å². The van der Waals surface area contributed by atoms with E-state index in [0.717, 1.165) is 0 Å². The third-order valence-corrected chi connectivity index (χ3v) is 3.25. The van der Waals surface area contributed by atoms with Gasteiger partial charge in [-0.2, -0.15) is 5.26 Å². The second-order valence-electron chi connectivity index (χ2n) is 3.76. The molecule has 1 aliphatic carbocycles. The van der Waals surface area contributed by atoms with Crippen LogP contribution in [0.25, 0.3) is 0 Å². The molecule has 2 unspecified atom stereocenters. The summed E-state index contributed by atoms with van der Waals surface area (Å²) in [4.78, 5) is 0. The standard InChI is InChI=1S/C11H9ClFNO/c12-8-2-1-3-9(13)10(8)11(6-14)4-7(11)5-15/h1-3,7,15H,4-5H2. The van der Waals surface area contributed by atoms with Gasteiger partial charge in [-0.15, -0.1) is 0 Å². The highest BCUT2D eigenvalue weighted by atomic mass is 35.5. The van der Waals surface area contributed by atoms with Gasteiger partial charge in [-0.05, 0) is 18.6 Å². The summed E-state index contributed by atoms with van der Waals surface area (Å²) >= 11 is 5.88. The fourth-order valence-electron chi connectivity index (χ4n) is 1.97. The number of rotatable bonds is 2. The van der Waals surface area contributed by atoms with Gasteiger partial charge in [0.1, 0.15) is 5.82 Å². The molecule has 78 valence electrons. The number of benzene rings is 1. The Balaban J connectivity index is 2.51. The first kappa shape index (κ1) is 10.4. The molecule has 0 spiro atoms. The van der Waals surface area contributed by atoms with Crippen molar-refractivity contribution in [3.63, 3.8) is 0 Å². The van der Waals surface area contributed by atoms with E-state index < -0.39 is 11.2 Å². The lowest BCUT2D eigenvalue weighted by molar-refractivity contribution is 0.268. The lowest BCUT2D eigenvalue weighted by Gasteiger charge is -2.11. The van der Waals surface area contributed by atoms with Crippen LogP contribution in [0.3, 0.4) is 0 Å². The zero-order valence-corrected chi connectivity index (χ0v) is 8.63. The number of hydrogen-bond donors (Lipinski definition) is 1. The van der Waals surface area contributed by atoms with E-state index in [1.54, 1.807) is 6.07 Å². The average Bonchev–Trinajstić information content (AvgIpc) is 2.93. The summed E-state index contributed by atoms with van der Waals surface area (Å²) in [6.07, 6.45) is 0.473. The Morgan fingerprint density at radius 3 is 2.87 bits per heavy atom. The number of halogens is 2. The molecule has 1 aliphatic rings. The van der Waals surface area contributed by atoms with E-state index in [1.807, 2.05) is 0 Å². The van der Waals surface area contributed by atoms with Gasteiger partial charge >= 0.3 is 0 Å². The predicted molar refractivity (Wildman–Crippen MR) is 53.9 cm³/mol. The third-order valence-electron chi connectivity index (χ3n) is 2.93. The largest absolute Gasteiger partial charge is 0.396 e. The Hall–Kier alpha value is -1.11. The van der Waals surface area contributed by atoms with Crippen LogP contribution in [0.4, 0.5) is 4.39 Å². The molecule has 0 amide bonds. The Kier molecular flexibility index (Phi) is 2.41. The summed E-state index contributed by atoms with van der Waals surface area (Å²) in [5.74, 6) is -0.670. The van der Waals surface area contributed by atoms with Crippen LogP contribution in [0.15, 0.2) is 18.2 Å². The van der Waals surface area contributed by atoms with Gasteiger partial charge in [0, 0.05) is 23.1 Å². The van der Waals surface area contributed by atoms with Gasteiger partial charge in [-0.1, -0.05) is 17.7 Å². The van der Waals surface area contributed by atoms with Crippen LogP contribution in [0, 0.1) is 23.1 Å². The van der Waals surface area contributed by atoms with Crippen molar-refractivity contribution in [1.82, 2.24) is 0 Å². The molecular weight excluding hydrogens is 217 g/mol. The molecule has 1 aromatic rings. The molecule has 0 bridgehead atoms. The van der Waals surface area contributed by atoms with Gasteiger partial charge in [-0.25, -0.2) is 4.39 Å². The van der Waals surface area contributed by atoms with Crippen molar-refractivity contribution >= 4 is 11.6 Å². The molecule has 2 rings (SSSR count). The van der Waals surface area contributed by atoms with Gasteiger partial charge < -0.3 is 5.11 Å². The van der Waals surface area contributed by atoms with E-state index in [2.05, 4.69) is 6.07 Å². The number of nitriles is 1. The van der Waals surface area contributed by atoms with Gasteiger partial charge in [0.15, 0.2) is 0 Å². The molecule has 0 aliphatic heterocycles. The van der Waals surface area contributed by atoms with Gasteiger partial charge in [0.2, 0.25) is 0 Å². The van der Waals surface area contributed by atoms with Crippen LogP contribution in [0.1, 0.15) is 12.0 Å². The normalized spacial score (nSPS) is 28.5. The average molecular weight is 226 g/mol. The maximum atomic E-state index is 13.6. The van der Waals surface area contributed by atoms with E-state index >= 15 is 0 Å². The smallest absolute Gasteiger partial charge is 0.129 e. The van der Waals surface area contributed by atoms with Crippen molar-refractivity contribution in [2.45, 2.75) is 11.8 Å². The fraction of sp³-hybridized carbons (Fsp3) is 0.364. The summed E-state index contributed by atoms with van der Waals surface area (Å²) < 4.78 is 13.6. The third kappa shape index (κ3) is 1.41. The molecule has 0 aromatic heterocycles. The van der Waals surface area contributed by atoms with Crippen LogP contribution in [-0.2, 0) is 5.41 Å². The van der Waals surface area contributed by atoms with E-state index in [9.17, 15) is 4.39 Å². The highest BCUT2D eigenvalue weighted by Gasteiger charge is 2.58. The Labute approximate surface area is 91.9 Å². The lowest BCUT2D eigenvalue weighted by Crippen LogP contribution is -2.12. The first-order chi connectivity index (χ1) is 7.15. The molecule has 0 radical (unpaired) electrons. The van der Waals surface area contributed by atoms with Crippen molar-refractivity contribution in [3.8, 4) is 6.07 Å². The first-order valence-corrected chi connectivity index (χ1v) is 5.00. The second-order valence-corrected chi connectivity index (χ2v) is 4.17. The lowest BCUT2D eigenvalue weighted by atomic mass is 9.94. The van der Waals surface area contributed by atoms with E-state index in [0.29, 0.717) is 6.42 Å². The molecule has 1 fully saturated rings. The summed E-state index contributed by atoms with van der Waals surface area (Å²) in [7, 11) is 0. The monoisotopic (exact) mass is 225 g/mol. The zero-order valence-electron chi connectivity index (χ0n) is 7.87. The molecule has 2 nitrogen and oxygen atoms in total. The SMILES string of the molecule is N#CC1(c2c(F)cccc2Cl)CC1CO. The molecule has 2 atom stereocenters. The highest BCUT2D eigenvalue weighted by molar-refractivity contribution is 6.31. The highest BCUT2D eigenvalue weighted by Crippen LogP contribution is 2.55. The molecule has 1 N–H and O–H groups in total. The number of aliphatic hydroxyl groups is 1. The summed E-state index contributed by atoms with van der Waals surface area (Å²) in [5.41, 5.74) is -0.690. The van der Waals surface area contributed by atoms with Crippen LogP contribution < -0.4 is 0 Å². The fourth-order valence-corrected chi connectivity index (χ4v) is 2.30. The topological polar surface area (TPSA) is 44.0 Å². The minimum Gasteiger partial charge on any atom is -0.396 e. The van der Waals surface area contributed by atoms with E-state index in [1.165, 1.54) is 12.1 Å². The molecular formula is C11H9ClFNO. The van der Waals surface area contributed by atoms with Crippen molar-refractivity contribution in [1.29, 1.82) is 5.26 Å². The number of nitrogens with zero attached hydrogens (tertiary/aromatic N) is 1. The first-order valence-electron chi connectivity index (χ1n) is 4.62. The van der Waals surface area contributed by atoms with E-state index in [4.69, 9.17) is 22.0 Å². The number of aliphatic hydroxyl groups excluding tert-OH is 1. The molecule has 0 heterocycles. The molecule has 0 saturated heterocycles. The quantitative estimate of drug-likeness (QED) is 0.839. The van der Waals surface area contributed by atoms with Gasteiger partial charge in [-0.3, -0.25) is 0 Å². The van der Waals surface area contributed by atoms with Gasteiger partial charge in [0.05, 0.1) is 11.5 Å². The molecule has 1 aromatic carbocycles. The summed E-state index contributed by atoms with van der Waals surface area (Å²) in [6.45, 7) is -0.113. The molecule has 15 heavy (non-hydrogen) atoms. The number of hydrogen-bond acceptors (Lipinski definition) is 2. The maximum Gasteiger partial charge on any atom is 0.129 e. The van der Waals surface area contributed by atoms with E-state index in [-0.39, 0.29) is 23.1 Å². The second kappa shape index (κ2) is 3.48. The van der Waals surface area contributed by atoms with Crippen molar-refractivity contribution < 1.29 is 9.50 Å². The maximum absolute atomic E-state index is 13.6. The van der Waals surface area contributed by atoms with Crippen LogP contribution in [0.5, 0.6) is 0 Å². The van der Waals surface area contributed by atoms with Crippen LogP contribution in [0.2, 0.25) is 5.02 Å². The van der Waals surface area contributed by atoms with Gasteiger partial charge in [0.25, 0.3) is 0 Å². The minimum atomic E-state index is -0.919. The Morgan fingerprint density at radius 2 is 2.40 bits per heavy atom. The van der Waals surface area contributed by atoms with Crippen molar-refractivity contribution in [2.24, 2.45) is 5.92 Å². The van der Waals surface area contributed by atoms with Crippen LogP contribution >= 0.6 is 11.6 Å². The molecule has 4 heteroatoms. The predicted octanol–water partition coefficient (Wildman–Crippen LogP) is 2.25. The summed E-state index contributed by atoms with van der Waals surface area (Å²) in [6, 6.07) is 6.42. The minimum absolute atomic E-state index is 0.113. The Morgan fingerprint density at radius 1 is 1.67 bits per heavy atom. The summed E-state index contributed by atoms with van der Waals surface area (Å²) in [5, 5.41) is 18.3. The Bertz CT molecular complexity index is 422. The molecule has 1 saturated carbocycles. The van der Waals surface area contributed by atoms with Crippen molar-refractivity contribution in [2.75, 3.05) is 6.61 Å². The zero-order chi connectivity index (χ0) is 11.1.